The first-order valence-corrected chi connectivity index (χ1v) is 9.42. The smallest absolute Gasteiger partial charge is 0.303 e. The van der Waals surface area contributed by atoms with Crippen LogP contribution < -0.4 is 0 Å². The van der Waals surface area contributed by atoms with Gasteiger partial charge in [-0.25, -0.2) is 0 Å². The summed E-state index contributed by atoms with van der Waals surface area (Å²) in [6.45, 7) is 11.2. The van der Waals surface area contributed by atoms with Crippen molar-refractivity contribution in [3.05, 3.63) is 35.5 Å². The summed E-state index contributed by atoms with van der Waals surface area (Å²) in [5, 5.41) is 10.8. The van der Waals surface area contributed by atoms with Crippen LogP contribution in [0.1, 0.15) is 60.8 Å². The highest BCUT2D eigenvalue weighted by atomic mass is 16.6. The van der Waals surface area contributed by atoms with Crippen molar-refractivity contribution in [2.24, 2.45) is 17.3 Å². The van der Waals surface area contributed by atoms with Crippen LogP contribution >= 0.6 is 0 Å². The molecular formula is C22H32O4. The number of fused-ring (bicyclic) bond motifs is 1. The van der Waals surface area contributed by atoms with Crippen molar-refractivity contribution in [2.75, 3.05) is 0 Å². The molecule has 1 saturated carbocycles. The topological polar surface area (TPSA) is 63.6 Å². The maximum absolute atomic E-state index is 12.3. The van der Waals surface area contributed by atoms with Gasteiger partial charge in [-0.2, -0.15) is 0 Å². The van der Waals surface area contributed by atoms with E-state index in [4.69, 9.17) is 4.74 Å². The minimum Gasteiger partial charge on any atom is -0.459 e. The van der Waals surface area contributed by atoms with E-state index in [2.05, 4.69) is 32.9 Å². The molecule has 0 spiro atoms. The summed E-state index contributed by atoms with van der Waals surface area (Å²) in [6, 6.07) is 0. The molecular weight excluding hydrogens is 328 g/mol. The Hall–Kier alpha value is -1.68. The quantitative estimate of drug-likeness (QED) is 0.604. The number of allylic oxidation sites excluding steroid dienone is 5. The number of aliphatic hydroxyl groups is 1. The Morgan fingerprint density at radius 3 is 2.58 bits per heavy atom. The molecule has 0 aromatic heterocycles. The lowest BCUT2D eigenvalue weighted by molar-refractivity contribution is -0.157. The molecule has 2 aliphatic rings. The number of esters is 1. The summed E-state index contributed by atoms with van der Waals surface area (Å²) in [5.41, 5.74) is 0.690. The average Bonchev–Trinajstić information content (AvgIpc) is 3.05. The molecule has 4 nitrogen and oxygen atoms in total. The molecule has 0 aromatic rings. The van der Waals surface area contributed by atoms with Gasteiger partial charge >= 0.3 is 5.97 Å². The second-order valence-corrected chi connectivity index (χ2v) is 8.57. The number of ketones is 1. The zero-order valence-electron chi connectivity index (χ0n) is 16.8. The summed E-state index contributed by atoms with van der Waals surface area (Å²) < 4.78 is 5.45. The van der Waals surface area contributed by atoms with Gasteiger partial charge < -0.3 is 9.84 Å². The van der Waals surface area contributed by atoms with E-state index in [1.54, 1.807) is 6.92 Å². The monoisotopic (exact) mass is 360 g/mol. The normalized spacial score (nSPS) is 39.9. The Morgan fingerprint density at radius 2 is 2.00 bits per heavy atom. The van der Waals surface area contributed by atoms with E-state index in [0.717, 1.165) is 12.8 Å². The molecule has 0 radical (unpaired) electrons. The van der Waals surface area contributed by atoms with E-state index in [1.807, 2.05) is 6.92 Å². The summed E-state index contributed by atoms with van der Waals surface area (Å²) in [7, 11) is 0. The van der Waals surface area contributed by atoms with Gasteiger partial charge in [-0.05, 0) is 81.9 Å². The number of carbonyl (C=O) groups is 2. The van der Waals surface area contributed by atoms with E-state index < -0.39 is 17.7 Å². The first-order chi connectivity index (χ1) is 12.0. The second kappa shape index (κ2) is 7.51. The van der Waals surface area contributed by atoms with Crippen molar-refractivity contribution in [3.8, 4) is 0 Å². The number of ether oxygens (including phenoxy) is 1. The SMILES string of the molecule is CC(=O)O[C@H]1C[C@H]2[C@H](/C=C(/C)C(=O)/C=C/[C@]1(C)O)[C@]2(C)CCC=C(C)C. The van der Waals surface area contributed by atoms with Crippen LogP contribution in [0.15, 0.2) is 35.5 Å². The molecule has 2 rings (SSSR count). The zero-order chi connectivity index (χ0) is 19.7. The molecule has 5 atom stereocenters. The summed E-state index contributed by atoms with van der Waals surface area (Å²) in [5.74, 6) is 0.0174. The van der Waals surface area contributed by atoms with E-state index in [-0.39, 0.29) is 23.0 Å². The fourth-order valence-electron chi connectivity index (χ4n) is 4.12. The predicted molar refractivity (Wildman–Crippen MR) is 102 cm³/mol. The molecule has 0 heterocycles. The van der Waals surface area contributed by atoms with Crippen molar-refractivity contribution in [3.63, 3.8) is 0 Å². The molecule has 0 bridgehead atoms. The molecule has 144 valence electrons. The molecule has 0 unspecified atom stereocenters. The standard InChI is InChI=1S/C22H32O4/c1-14(2)8-7-10-21(5)17-12-15(3)19(24)9-11-22(6,25)20(13-18(17)21)26-16(4)23/h8-9,11-12,17-18,20,25H,7,10,13H2,1-6H3/b11-9+,15-12-/t17-,18-,20-,21-,22-/m0/s1. The molecule has 0 aromatic carbocycles. The zero-order valence-corrected chi connectivity index (χ0v) is 16.8. The molecule has 2 aliphatic carbocycles. The highest BCUT2D eigenvalue weighted by Crippen LogP contribution is 2.65. The van der Waals surface area contributed by atoms with Crippen LogP contribution in [-0.2, 0) is 14.3 Å². The van der Waals surface area contributed by atoms with Gasteiger partial charge in [0.25, 0.3) is 0 Å². The lowest BCUT2D eigenvalue weighted by Gasteiger charge is -2.30. The van der Waals surface area contributed by atoms with Gasteiger partial charge in [0.15, 0.2) is 5.78 Å². The number of rotatable bonds is 4. The number of hydrogen-bond donors (Lipinski definition) is 1. The third-order valence-corrected chi connectivity index (χ3v) is 5.99. The van der Waals surface area contributed by atoms with Crippen LogP contribution in [0.4, 0.5) is 0 Å². The van der Waals surface area contributed by atoms with Gasteiger partial charge in [0, 0.05) is 6.92 Å². The van der Waals surface area contributed by atoms with Crippen molar-refractivity contribution < 1.29 is 19.4 Å². The Labute approximate surface area is 157 Å². The summed E-state index contributed by atoms with van der Waals surface area (Å²) >= 11 is 0. The van der Waals surface area contributed by atoms with Gasteiger partial charge in [-0.3, -0.25) is 9.59 Å². The van der Waals surface area contributed by atoms with E-state index in [9.17, 15) is 14.7 Å². The largest absolute Gasteiger partial charge is 0.459 e. The third-order valence-electron chi connectivity index (χ3n) is 5.99. The van der Waals surface area contributed by atoms with Crippen molar-refractivity contribution in [1.82, 2.24) is 0 Å². The van der Waals surface area contributed by atoms with Gasteiger partial charge in [0.05, 0.1) is 0 Å². The average molecular weight is 360 g/mol. The highest BCUT2D eigenvalue weighted by molar-refractivity contribution is 6.03. The first kappa shape index (κ1) is 20.6. The third kappa shape index (κ3) is 4.53. The predicted octanol–water partition coefficient (Wildman–Crippen LogP) is 4.14. The van der Waals surface area contributed by atoms with Crippen LogP contribution in [0.25, 0.3) is 0 Å². The van der Waals surface area contributed by atoms with Gasteiger partial charge in [-0.15, -0.1) is 0 Å². The summed E-state index contributed by atoms with van der Waals surface area (Å²) in [6.07, 6.45) is 9.09. The van der Waals surface area contributed by atoms with Crippen LogP contribution in [0.3, 0.4) is 0 Å². The minimum absolute atomic E-state index is 0.0479. The van der Waals surface area contributed by atoms with Crippen molar-refractivity contribution >= 4 is 11.8 Å². The molecule has 0 amide bonds. The Morgan fingerprint density at radius 1 is 1.35 bits per heavy atom. The Balaban J connectivity index is 2.33. The fourth-order valence-corrected chi connectivity index (χ4v) is 4.12. The minimum atomic E-state index is -1.37. The van der Waals surface area contributed by atoms with Crippen LogP contribution in [0.2, 0.25) is 0 Å². The van der Waals surface area contributed by atoms with Gasteiger partial charge in [0.1, 0.15) is 11.7 Å². The number of carbonyl (C=O) groups excluding carboxylic acids is 2. The lowest BCUT2D eigenvalue weighted by Crippen LogP contribution is -2.41. The molecule has 0 aliphatic heterocycles. The Bertz CT molecular complexity index is 664. The molecule has 1 N–H and O–H groups in total. The number of hydrogen-bond acceptors (Lipinski definition) is 4. The van der Waals surface area contributed by atoms with Crippen molar-refractivity contribution in [2.45, 2.75) is 72.5 Å². The molecule has 0 saturated heterocycles. The highest BCUT2D eigenvalue weighted by Gasteiger charge is 2.60. The fraction of sp³-hybridized carbons (Fsp3) is 0.636. The van der Waals surface area contributed by atoms with Gasteiger partial charge in [-0.1, -0.05) is 24.6 Å². The van der Waals surface area contributed by atoms with E-state index in [1.165, 1.54) is 24.6 Å². The first-order valence-electron chi connectivity index (χ1n) is 9.42. The van der Waals surface area contributed by atoms with Crippen LogP contribution in [0.5, 0.6) is 0 Å². The van der Waals surface area contributed by atoms with Crippen LogP contribution in [0, 0.1) is 17.3 Å². The maximum Gasteiger partial charge on any atom is 0.303 e. The maximum atomic E-state index is 12.3. The van der Waals surface area contributed by atoms with E-state index >= 15 is 0 Å². The van der Waals surface area contributed by atoms with Crippen LogP contribution in [-0.4, -0.2) is 28.6 Å². The molecule has 26 heavy (non-hydrogen) atoms. The lowest BCUT2D eigenvalue weighted by atomic mass is 9.89. The second-order valence-electron chi connectivity index (χ2n) is 8.57. The van der Waals surface area contributed by atoms with Crippen molar-refractivity contribution in [1.29, 1.82) is 0 Å². The van der Waals surface area contributed by atoms with Gasteiger partial charge in [0.2, 0.25) is 0 Å². The summed E-state index contributed by atoms with van der Waals surface area (Å²) in [4.78, 5) is 23.9. The van der Waals surface area contributed by atoms with E-state index in [0.29, 0.717) is 12.0 Å². The molecule has 4 heteroatoms. The molecule has 1 fully saturated rings. The Kier molecular flexibility index (Phi) is 5.96.